The van der Waals surface area contributed by atoms with Crippen molar-refractivity contribution in [3.63, 3.8) is 0 Å². The summed E-state index contributed by atoms with van der Waals surface area (Å²) >= 11 is 0. The van der Waals surface area contributed by atoms with Crippen molar-refractivity contribution < 1.29 is 19.2 Å². The van der Waals surface area contributed by atoms with Crippen LogP contribution in [-0.4, -0.2) is 29.1 Å². The number of carbonyl (C=O) groups excluding carboxylic acids is 1. The molecule has 1 aromatic heterocycles. The molecule has 2 aromatic rings. The summed E-state index contributed by atoms with van der Waals surface area (Å²) in [7, 11) is 0. The summed E-state index contributed by atoms with van der Waals surface area (Å²) in [6, 6.07) is 10.5. The Morgan fingerprint density at radius 2 is 1.92 bits per heavy atom. The van der Waals surface area contributed by atoms with Crippen molar-refractivity contribution in [3.05, 3.63) is 63.8 Å². The first-order valence-corrected chi connectivity index (χ1v) is 7.51. The number of rotatable bonds is 8. The molecule has 0 atom stereocenters. The molecule has 0 saturated heterocycles. The standard InChI is InChI=1S/C17H15N3O5/c18-12-14-4-3-9-19-16(14)24-10-1-2-11-25-17(21)13-5-7-15(8-6-13)20(22)23/h3-9H,1-2,10-11H2. The first kappa shape index (κ1) is 17.9. The van der Waals surface area contributed by atoms with Gasteiger partial charge in [0, 0.05) is 18.3 Å². The summed E-state index contributed by atoms with van der Waals surface area (Å²) in [6.07, 6.45) is 2.74. The molecule has 8 heteroatoms. The molecule has 1 heterocycles. The topological polar surface area (TPSA) is 115 Å². The van der Waals surface area contributed by atoms with Crippen LogP contribution in [0.1, 0.15) is 28.8 Å². The van der Waals surface area contributed by atoms with E-state index in [-0.39, 0.29) is 23.7 Å². The molecule has 0 spiro atoms. The Morgan fingerprint density at radius 1 is 1.20 bits per heavy atom. The van der Waals surface area contributed by atoms with Gasteiger partial charge in [-0.25, -0.2) is 9.78 Å². The average molecular weight is 341 g/mol. The van der Waals surface area contributed by atoms with Crippen LogP contribution >= 0.6 is 0 Å². The average Bonchev–Trinajstić information content (AvgIpc) is 2.64. The minimum Gasteiger partial charge on any atom is -0.477 e. The van der Waals surface area contributed by atoms with Gasteiger partial charge in [0.05, 0.1) is 23.7 Å². The van der Waals surface area contributed by atoms with Gasteiger partial charge < -0.3 is 9.47 Å². The second kappa shape index (κ2) is 8.98. The zero-order valence-electron chi connectivity index (χ0n) is 13.3. The lowest BCUT2D eigenvalue weighted by atomic mass is 10.2. The van der Waals surface area contributed by atoms with Gasteiger partial charge in [0.25, 0.3) is 5.69 Å². The van der Waals surface area contributed by atoms with Crippen LogP contribution in [-0.2, 0) is 4.74 Å². The Balaban J connectivity index is 1.68. The number of hydrogen-bond acceptors (Lipinski definition) is 7. The highest BCUT2D eigenvalue weighted by atomic mass is 16.6. The zero-order chi connectivity index (χ0) is 18.1. The summed E-state index contributed by atoms with van der Waals surface area (Å²) in [5.41, 5.74) is 0.543. The third kappa shape index (κ3) is 5.28. The Kier molecular flexibility index (Phi) is 6.42. The predicted octanol–water partition coefficient (Wildman–Crippen LogP) is 2.88. The molecular formula is C17H15N3O5. The van der Waals surface area contributed by atoms with Gasteiger partial charge in [-0.1, -0.05) is 0 Å². The highest BCUT2D eigenvalue weighted by Gasteiger charge is 2.10. The van der Waals surface area contributed by atoms with E-state index in [0.717, 1.165) is 0 Å². The second-order valence-corrected chi connectivity index (χ2v) is 4.96. The number of pyridine rings is 1. The van der Waals surface area contributed by atoms with E-state index in [1.165, 1.54) is 24.3 Å². The van der Waals surface area contributed by atoms with Gasteiger partial charge in [-0.2, -0.15) is 5.26 Å². The van der Waals surface area contributed by atoms with Gasteiger partial charge in [-0.3, -0.25) is 10.1 Å². The van der Waals surface area contributed by atoms with Gasteiger partial charge in [0.1, 0.15) is 11.6 Å². The molecule has 0 amide bonds. The molecule has 1 aromatic carbocycles. The van der Waals surface area contributed by atoms with E-state index in [0.29, 0.717) is 25.0 Å². The number of aromatic nitrogens is 1. The van der Waals surface area contributed by atoms with Crippen molar-refractivity contribution >= 4 is 11.7 Å². The van der Waals surface area contributed by atoms with Gasteiger partial charge in [-0.05, 0) is 37.1 Å². The lowest BCUT2D eigenvalue weighted by molar-refractivity contribution is -0.384. The number of carbonyl (C=O) groups is 1. The largest absolute Gasteiger partial charge is 0.477 e. The number of nitro groups is 1. The fourth-order valence-corrected chi connectivity index (χ4v) is 1.93. The Morgan fingerprint density at radius 3 is 2.60 bits per heavy atom. The van der Waals surface area contributed by atoms with Gasteiger partial charge in [-0.15, -0.1) is 0 Å². The molecule has 0 unspecified atom stereocenters. The maximum atomic E-state index is 11.8. The predicted molar refractivity (Wildman–Crippen MR) is 87.1 cm³/mol. The van der Waals surface area contributed by atoms with Crippen LogP contribution in [0.3, 0.4) is 0 Å². The molecular weight excluding hydrogens is 326 g/mol. The first-order chi connectivity index (χ1) is 12.1. The molecule has 25 heavy (non-hydrogen) atoms. The Bertz CT molecular complexity index is 784. The van der Waals surface area contributed by atoms with E-state index in [1.54, 1.807) is 18.3 Å². The van der Waals surface area contributed by atoms with E-state index < -0.39 is 10.9 Å². The van der Waals surface area contributed by atoms with Crippen molar-refractivity contribution in [2.75, 3.05) is 13.2 Å². The number of nitriles is 1. The number of nitrogens with zero attached hydrogens (tertiary/aromatic N) is 3. The molecule has 0 saturated carbocycles. The molecule has 0 fully saturated rings. The molecule has 128 valence electrons. The number of benzene rings is 1. The molecule has 0 aliphatic heterocycles. The van der Waals surface area contributed by atoms with Crippen molar-refractivity contribution in [2.45, 2.75) is 12.8 Å². The van der Waals surface area contributed by atoms with Crippen LogP contribution in [0.2, 0.25) is 0 Å². The van der Waals surface area contributed by atoms with Crippen LogP contribution in [0.25, 0.3) is 0 Å². The number of non-ortho nitro benzene ring substituents is 1. The molecule has 0 bridgehead atoms. The lowest BCUT2D eigenvalue weighted by Gasteiger charge is -2.07. The normalized spacial score (nSPS) is 9.88. The second-order valence-electron chi connectivity index (χ2n) is 4.96. The minimum atomic E-state index is -0.535. The molecule has 0 aliphatic rings. The summed E-state index contributed by atoms with van der Waals surface area (Å²) in [4.78, 5) is 25.8. The number of unbranched alkanes of at least 4 members (excludes halogenated alkanes) is 1. The van der Waals surface area contributed by atoms with Crippen molar-refractivity contribution in [2.24, 2.45) is 0 Å². The van der Waals surface area contributed by atoms with E-state index in [9.17, 15) is 14.9 Å². The van der Waals surface area contributed by atoms with Gasteiger partial charge in [0.2, 0.25) is 5.88 Å². The van der Waals surface area contributed by atoms with Crippen molar-refractivity contribution in [1.82, 2.24) is 4.98 Å². The van der Waals surface area contributed by atoms with E-state index >= 15 is 0 Å². The van der Waals surface area contributed by atoms with E-state index in [2.05, 4.69) is 4.98 Å². The quantitative estimate of drug-likeness (QED) is 0.314. The van der Waals surface area contributed by atoms with Crippen LogP contribution in [0.4, 0.5) is 5.69 Å². The van der Waals surface area contributed by atoms with Crippen molar-refractivity contribution in [3.8, 4) is 11.9 Å². The fourth-order valence-electron chi connectivity index (χ4n) is 1.93. The van der Waals surface area contributed by atoms with E-state index in [4.69, 9.17) is 14.7 Å². The lowest BCUT2D eigenvalue weighted by Crippen LogP contribution is -2.08. The van der Waals surface area contributed by atoms with Gasteiger partial charge in [0.15, 0.2) is 0 Å². The Hall–Kier alpha value is -3.47. The molecule has 0 N–H and O–H groups in total. The van der Waals surface area contributed by atoms with Crippen LogP contribution in [0.5, 0.6) is 5.88 Å². The summed E-state index contributed by atoms with van der Waals surface area (Å²) in [5, 5.41) is 19.5. The third-order valence-corrected chi connectivity index (χ3v) is 3.22. The smallest absolute Gasteiger partial charge is 0.338 e. The van der Waals surface area contributed by atoms with Crippen LogP contribution in [0, 0.1) is 21.4 Å². The monoisotopic (exact) mass is 341 g/mol. The number of nitro benzene ring substituents is 1. The number of ether oxygens (including phenoxy) is 2. The first-order valence-electron chi connectivity index (χ1n) is 7.51. The fraction of sp³-hybridized carbons (Fsp3) is 0.235. The summed E-state index contributed by atoms with van der Waals surface area (Å²) in [5.74, 6) is -0.250. The molecule has 8 nitrogen and oxygen atoms in total. The third-order valence-electron chi connectivity index (χ3n) is 3.22. The van der Waals surface area contributed by atoms with Gasteiger partial charge >= 0.3 is 5.97 Å². The SMILES string of the molecule is N#Cc1cccnc1OCCCCOC(=O)c1ccc([N+](=O)[O-])cc1. The highest BCUT2D eigenvalue weighted by Crippen LogP contribution is 2.14. The van der Waals surface area contributed by atoms with E-state index in [1.807, 2.05) is 6.07 Å². The molecule has 0 aliphatic carbocycles. The number of hydrogen-bond donors (Lipinski definition) is 0. The number of esters is 1. The maximum Gasteiger partial charge on any atom is 0.338 e. The minimum absolute atomic E-state index is 0.0834. The summed E-state index contributed by atoms with van der Waals surface area (Å²) in [6.45, 7) is 0.549. The molecule has 2 rings (SSSR count). The molecule has 0 radical (unpaired) electrons. The Labute approximate surface area is 143 Å². The van der Waals surface area contributed by atoms with Crippen LogP contribution in [0.15, 0.2) is 42.6 Å². The van der Waals surface area contributed by atoms with Crippen molar-refractivity contribution in [1.29, 1.82) is 5.26 Å². The summed E-state index contributed by atoms with van der Waals surface area (Å²) < 4.78 is 10.5. The highest BCUT2D eigenvalue weighted by molar-refractivity contribution is 5.89. The zero-order valence-corrected chi connectivity index (χ0v) is 13.3. The maximum absolute atomic E-state index is 11.8. The van der Waals surface area contributed by atoms with Crippen LogP contribution < -0.4 is 4.74 Å².